The Balaban J connectivity index is 2.08. The van der Waals surface area contributed by atoms with Gasteiger partial charge in [0.2, 0.25) is 5.91 Å². The Labute approximate surface area is 162 Å². The number of carbonyl (C=O) groups is 1. The van der Waals surface area contributed by atoms with Crippen LogP contribution >= 0.6 is 0 Å². The summed E-state index contributed by atoms with van der Waals surface area (Å²) in [5.41, 5.74) is 3.79. The highest BCUT2D eigenvalue weighted by atomic mass is 16.5. The van der Waals surface area contributed by atoms with E-state index in [1.54, 1.807) is 11.8 Å². The molecule has 0 saturated carbocycles. The number of rotatable bonds is 6. The molecule has 5 heteroatoms. The van der Waals surface area contributed by atoms with E-state index in [2.05, 4.69) is 49.6 Å². The summed E-state index contributed by atoms with van der Waals surface area (Å²) in [4.78, 5) is 18.7. The lowest BCUT2D eigenvalue weighted by Crippen LogP contribution is -2.27. The molecule has 0 unspecified atom stereocenters. The molecule has 0 aliphatic carbocycles. The van der Waals surface area contributed by atoms with Gasteiger partial charge in [0.1, 0.15) is 0 Å². The summed E-state index contributed by atoms with van der Waals surface area (Å²) in [6, 6.07) is 12.1. The first-order valence-electron chi connectivity index (χ1n) is 9.80. The Bertz CT molecular complexity index is 765. The van der Waals surface area contributed by atoms with Crippen LogP contribution in [-0.2, 0) is 4.79 Å². The summed E-state index contributed by atoms with van der Waals surface area (Å²) in [6.07, 6.45) is 0. The van der Waals surface area contributed by atoms with E-state index >= 15 is 0 Å². The topological polar surface area (TPSA) is 36.0 Å². The van der Waals surface area contributed by atoms with Crippen molar-refractivity contribution < 1.29 is 9.53 Å². The van der Waals surface area contributed by atoms with Gasteiger partial charge in [-0.2, -0.15) is 0 Å². The third kappa shape index (κ3) is 3.46. The molecule has 0 N–H and O–H groups in total. The number of hydrogen-bond acceptors (Lipinski definition) is 4. The average molecular weight is 367 g/mol. The number of fused-ring (bicyclic) bond motifs is 2. The molecule has 1 amide bonds. The van der Waals surface area contributed by atoms with Crippen molar-refractivity contribution in [1.82, 2.24) is 0 Å². The molecule has 0 aromatic heterocycles. The monoisotopic (exact) mass is 367 g/mol. The summed E-state index contributed by atoms with van der Waals surface area (Å²) >= 11 is 0. The average Bonchev–Trinajstić information content (AvgIpc) is 2.67. The molecule has 0 saturated heterocycles. The standard InChI is InChI=1S/C22H29N3O2/c1-6-23(7-2)17-10-12-19-21(14-17)27-22-15-18(24(8-3)9-4)11-13-20(22)25(19)16(5)26/h10-15H,6-9H2,1-5H3. The highest BCUT2D eigenvalue weighted by Gasteiger charge is 2.28. The molecule has 144 valence electrons. The van der Waals surface area contributed by atoms with Gasteiger partial charge in [-0.05, 0) is 52.0 Å². The molecule has 5 nitrogen and oxygen atoms in total. The zero-order valence-corrected chi connectivity index (χ0v) is 17.0. The van der Waals surface area contributed by atoms with Crippen molar-refractivity contribution in [3.05, 3.63) is 36.4 Å². The molecule has 0 atom stereocenters. The minimum atomic E-state index is -0.0213. The van der Waals surface area contributed by atoms with Crippen LogP contribution in [0.4, 0.5) is 22.7 Å². The van der Waals surface area contributed by atoms with Crippen molar-refractivity contribution in [2.75, 3.05) is 40.9 Å². The van der Waals surface area contributed by atoms with Gasteiger partial charge in [-0.3, -0.25) is 9.69 Å². The zero-order chi connectivity index (χ0) is 19.6. The summed E-state index contributed by atoms with van der Waals surface area (Å²) in [5, 5.41) is 0. The lowest BCUT2D eigenvalue weighted by Gasteiger charge is -2.33. The van der Waals surface area contributed by atoms with Crippen LogP contribution in [0, 0.1) is 0 Å². The smallest absolute Gasteiger partial charge is 0.228 e. The molecule has 0 bridgehead atoms. The Morgan fingerprint density at radius 3 is 1.56 bits per heavy atom. The van der Waals surface area contributed by atoms with Crippen molar-refractivity contribution >= 4 is 28.7 Å². The van der Waals surface area contributed by atoms with Crippen molar-refractivity contribution in [3.8, 4) is 11.5 Å². The fraction of sp³-hybridized carbons (Fsp3) is 0.409. The molecule has 0 fully saturated rings. The van der Waals surface area contributed by atoms with Crippen LogP contribution in [0.1, 0.15) is 34.6 Å². The summed E-state index contributed by atoms with van der Waals surface area (Å²) < 4.78 is 6.27. The van der Waals surface area contributed by atoms with E-state index in [-0.39, 0.29) is 5.91 Å². The van der Waals surface area contributed by atoms with E-state index in [4.69, 9.17) is 4.74 Å². The van der Waals surface area contributed by atoms with Gasteiger partial charge in [0.15, 0.2) is 11.5 Å². The van der Waals surface area contributed by atoms with Crippen LogP contribution in [0.5, 0.6) is 11.5 Å². The third-order valence-corrected chi connectivity index (χ3v) is 5.16. The first kappa shape index (κ1) is 19.1. The molecule has 1 aliphatic rings. The van der Waals surface area contributed by atoms with Gasteiger partial charge in [0, 0.05) is 56.6 Å². The van der Waals surface area contributed by atoms with E-state index < -0.39 is 0 Å². The summed E-state index contributed by atoms with van der Waals surface area (Å²) in [7, 11) is 0. The second kappa shape index (κ2) is 7.91. The Kier molecular flexibility index (Phi) is 5.59. The second-order valence-corrected chi connectivity index (χ2v) is 6.61. The number of amides is 1. The van der Waals surface area contributed by atoms with Gasteiger partial charge < -0.3 is 14.5 Å². The lowest BCUT2D eigenvalue weighted by atomic mass is 10.1. The summed E-state index contributed by atoms with van der Waals surface area (Å²) in [6.45, 7) is 13.8. The maximum atomic E-state index is 12.4. The zero-order valence-electron chi connectivity index (χ0n) is 17.0. The molecule has 0 radical (unpaired) electrons. The molecule has 27 heavy (non-hydrogen) atoms. The van der Waals surface area contributed by atoms with E-state index in [0.29, 0.717) is 0 Å². The molecular weight excluding hydrogens is 338 g/mol. The fourth-order valence-corrected chi connectivity index (χ4v) is 3.70. The SMILES string of the molecule is CCN(CC)c1ccc2c(c1)Oc1cc(N(CC)CC)ccc1N2C(C)=O. The Morgan fingerprint density at radius 2 is 1.22 bits per heavy atom. The molecule has 2 aromatic rings. The minimum absolute atomic E-state index is 0.0213. The Hall–Kier alpha value is -2.69. The quantitative estimate of drug-likeness (QED) is 0.706. The van der Waals surface area contributed by atoms with Gasteiger partial charge in [-0.25, -0.2) is 0 Å². The molecule has 0 spiro atoms. The van der Waals surface area contributed by atoms with Crippen LogP contribution in [0.2, 0.25) is 0 Å². The van der Waals surface area contributed by atoms with E-state index in [1.807, 2.05) is 24.3 Å². The number of carbonyl (C=O) groups excluding carboxylic acids is 1. The van der Waals surface area contributed by atoms with E-state index in [9.17, 15) is 4.79 Å². The number of anilines is 4. The lowest BCUT2D eigenvalue weighted by molar-refractivity contribution is -0.115. The van der Waals surface area contributed by atoms with Gasteiger partial charge in [0.25, 0.3) is 0 Å². The van der Waals surface area contributed by atoms with Crippen molar-refractivity contribution in [2.45, 2.75) is 34.6 Å². The first-order valence-corrected chi connectivity index (χ1v) is 9.80. The van der Waals surface area contributed by atoms with Crippen LogP contribution in [0.3, 0.4) is 0 Å². The number of hydrogen-bond donors (Lipinski definition) is 0. The Morgan fingerprint density at radius 1 is 0.815 bits per heavy atom. The van der Waals surface area contributed by atoms with Crippen molar-refractivity contribution in [3.63, 3.8) is 0 Å². The van der Waals surface area contributed by atoms with Gasteiger partial charge in [-0.15, -0.1) is 0 Å². The highest BCUT2D eigenvalue weighted by Crippen LogP contribution is 2.49. The van der Waals surface area contributed by atoms with E-state index in [0.717, 1.165) is 60.4 Å². The van der Waals surface area contributed by atoms with Crippen LogP contribution in [0.25, 0.3) is 0 Å². The predicted molar refractivity (Wildman–Crippen MR) is 113 cm³/mol. The molecule has 1 aliphatic heterocycles. The van der Waals surface area contributed by atoms with Gasteiger partial charge in [-0.1, -0.05) is 0 Å². The van der Waals surface area contributed by atoms with Crippen LogP contribution in [0.15, 0.2) is 36.4 Å². The second-order valence-electron chi connectivity index (χ2n) is 6.61. The predicted octanol–water partition coefficient (Wildman–Crippen LogP) is 5.17. The largest absolute Gasteiger partial charge is 0.453 e. The van der Waals surface area contributed by atoms with Crippen molar-refractivity contribution in [2.24, 2.45) is 0 Å². The molecule has 2 aromatic carbocycles. The summed E-state index contributed by atoms with van der Waals surface area (Å²) in [5.74, 6) is 1.42. The van der Waals surface area contributed by atoms with Crippen LogP contribution in [-0.4, -0.2) is 32.1 Å². The first-order chi connectivity index (χ1) is 13.0. The van der Waals surface area contributed by atoms with Crippen molar-refractivity contribution in [1.29, 1.82) is 0 Å². The van der Waals surface area contributed by atoms with Crippen LogP contribution < -0.4 is 19.4 Å². The van der Waals surface area contributed by atoms with E-state index in [1.165, 1.54) is 0 Å². The van der Waals surface area contributed by atoms with Gasteiger partial charge in [0.05, 0.1) is 11.4 Å². The minimum Gasteiger partial charge on any atom is -0.453 e. The van der Waals surface area contributed by atoms with Gasteiger partial charge >= 0.3 is 0 Å². The normalized spacial score (nSPS) is 12.1. The third-order valence-electron chi connectivity index (χ3n) is 5.16. The number of nitrogens with zero attached hydrogens (tertiary/aromatic N) is 3. The molecular formula is C22H29N3O2. The fourth-order valence-electron chi connectivity index (χ4n) is 3.70. The molecule has 1 heterocycles. The number of benzene rings is 2. The maximum Gasteiger partial charge on any atom is 0.228 e. The highest BCUT2D eigenvalue weighted by molar-refractivity contribution is 6.03. The molecule has 3 rings (SSSR count). The maximum absolute atomic E-state index is 12.4. The number of ether oxygens (including phenoxy) is 1.